The lowest BCUT2D eigenvalue weighted by molar-refractivity contribution is 0.298. The fraction of sp³-hybridized carbons (Fsp3) is 0.545. The zero-order chi connectivity index (χ0) is 18.0. The van der Waals surface area contributed by atoms with E-state index < -0.39 is 0 Å². The first-order chi connectivity index (χ1) is 11.4. The van der Waals surface area contributed by atoms with Crippen LogP contribution in [0.15, 0.2) is 59.4 Å². The van der Waals surface area contributed by atoms with Gasteiger partial charge in [-0.2, -0.15) is 0 Å². The first-order valence-corrected chi connectivity index (χ1v) is 9.11. The van der Waals surface area contributed by atoms with Crippen LogP contribution in [0.1, 0.15) is 53.9 Å². The van der Waals surface area contributed by atoms with Crippen LogP contribution in [0.3, 0.4) is 0 Å². The maximum Gasteiger partial charge on any atom is 0.0603 e. The van der Waals surface area contributed by atoms with Crippen molar-refractivity contribution in [3.8, 4) is 0 Å². The Bertz CT molecular complexity index is 532. The molecule has 2 heteroatoms. The summed E-state index contributed by atoms with van der Waals surface area (Å²) in [7, 11) is 0. The van der Waals surface area contributed by atoms with Crippen LogP contribution in [0.4, 0.5) is 0 Å². The van der Waals surface area contributed by atoms with Crippen molar-refractivity contribution in [2.24, 2.45) is 11.3 Å². The number of hydrogen-bond donors (Lipinski definition) is 2. The van der Waals surface area contributed by atoms with Crippen LogP contribution in [0, 0.1) is 11.3 Å². The van der Waals surface area contributed by atoms with E-state index in [2.05, 4.69) is 76.4 Å². The van der Waals surface area contributed by atoms with Crippen molar-refractivity contribution in [2.75, 3.05) is 13.2 Å². The number of rotatable bonds is 8. The second kappa shape index (κ2) is 10.4. The minimum absolute atomic E-state index is 0.162. The third kappa shape index (κ3) is 7.35. The van der Waals surface area contributed by atoms with E-state index in [1.54, 1.807) is 5.57 Å². The molecule has 1 rings (SSSR count). The van der Waals surface area contributed by atoms with Gasteiger partial charge in [0.1, 0.15) is 0 Å². The van der Waals surface area contributed by atoms with Crippen LogP contribution in [0.2, 0.25) is 0 Å². The van der Waals surface area contributed by atoms with E-state index in [1.165, 1.54) is 30.4 Å². The smallest absolute Gasteiger partial charge is 0.0603 e. The highest BCUT2D eigenvalue weighted by molar-refractivity contribution is 5.36. The minimum Gasteiger partial charge on any atom is -0.395 e. The van der Waals surface area contributed by atoms with Gasteiger partial charge in [-0.15, -0.1) is 0 Å². The van der Waals surface area contributed by atoms with E-state index in [4.69, 9.17) is 5.11 Å². The molecular formula is C22H35NO. The quantitative estimate of drug-likeness (QED) is 0.467. The Morgan fingerprint density at radius 1 is 1.33 bits per heavy atom. The van der Waals surface area contributed by atoms with Gasteiger partial charge >= 0.3 is 0 Å². The summed E-state index contributed by atoms with van der Waals surface area (Å²) in [6, 6.07) is 0. The molecule has 0 aromatic rings. The van der Waals surface area contributed by atoms with Gasteiger partial charge in [0.15, 0.2) is 0 Å². The Morgan fingerprint density at radius 2 is 2.08 bits per heavy atom. The highest BCUT2D eigenvalue weighted by atomic mass is 16.3. The third-order valence-corrected chi connectivity index (χ3v) is 4.60. The summed E-state index contributed by atoms with van der Waals surface area (Å²) >= 11 is 0. The summed E-state index contributed by atoms with van der Waals surface area (Å²) in [4.78, 5) is 0. The number of allylic oxidation sites excluding steroid dienone is 9. The van der Waals surface area contributed by atoms with E-state index >= 15 is 0 Å². The lowest BCUT2D eigenvalue weighted by atomic mass is 9.72. The Hall–Kier alpha value is -1.54. The molecule has 0 amide bonds. The molecule has 134 valence electrons. The molecule has 0 heterocycles. The summed E-state index contributed by atoms with van der Waals surface area (Å²) in [5.41, 5.74) is 4.62. The van der Waals surface area contributed by atoms with Crippen LogP contribution < -0.4 is 5.32 Å². The molecule has 1 aliphatic carbocycles. The molecule has 0 saturated carbocycles. The van der Waals surface area contributed by atoms with E-state index in [0.29, 0.717) is 17.9 Å². The zero-order valence-corrected chi connectivity index (χ0v) is 16.1. The molecule has 0 aromatic heterocycles. The fourth-order valence-electron chi connectivity index (χ4n) is 3.10. The van der Waals surface area contributed by atoms with Crippen molar-refractivity contribution in [1.29, 1.82) is 0 Å². The number of aliphatic hydroxyl groups excluding tert-OH is 1. The lowest BCUT2D eigenvalue weighted by Crippen LogP contribution is -2.19. The molecule has 0 bridgehead atoms. The normalized spacial score (nSPS) is 20.5. The largest absolute Gasteiger partial charge is 0.395 e. The van der Waals surface area contributed by atoms with Gasteiger partial charge in [-0.3, -0.25) is 0 Å². The van der Waals surface area contributed by atoms with E-state index in [9.17, 15) is 0 Å². The van der Waals surface area contributed by atoms with Crippen LogP contribution in [-0.4, -0.2) is 18.3 Å². The van der Waals surface area contributed by atoms with Crippen LogP contribution >= 0.6 is 0 Å². The van der Waals surface area contributed by atoms with E-state index in [0.717, 1.165) is 0 Å². The Kier molecular flexibility index (Phi) is 8.84. The predicted molar refractivity (Wildman–Crippen MR) is 106 cm³/mol. The highest BCUT2D eigenvalue weighted by Crippen LogP contribution is 2.40. The maximum absolute atomic E-state index is 8.70. The monoisotopic (exact) mass is 329 g/mol. The Balaban J connectivity index is 2.60. The molecule has 1 unspecified atom stereocenters. The minimum atomic E-state index is 0.162. The first-order valence-electron chi connectivity index (χ1n) is 9.11. The molecule has 0 aliphatic heterocycles. The number of aliphatic hydroxyl groups is 1. The Labute approximate surface area is 148 Å². The molecule has 1 atom stereocenters. The fourth-order valence-corrected chi connectivity index (χ4v) is 3.10. The maximum atomic E-state index is 8.70. The molecule has 2 N–H and O–H groups in total. The van der Waals surface area contributed by atoms with Crippen molar-refractivity contribution >= 4 is 0 Å². The third-order valence-electron chi connectivity index (χ3n) is 4.60. The SMILES string of the molecule is CC1=C(/C=C/C(C)=C/C=C/C(C)/C=C\NCCO)C(C)(C)CCC1. The van der Waals surface area contributed by atoms with Gasteiger partial charge in [0.05, 0.1) is 6.61 Å². The molecule has 2 nitrogen and oxygen atoms in total. The summed E-state index contributed by atoms with van der Waals surface area (Å²) in [6.07, 6.45) is 18.8. The van der Waals surface area contributed by atoms with Gasteiger partial charge in [0.25, 0.3) is 0 Å². The average molecular weight is 330 g/mol. The van der Waals surface area contributed by atoms with E-state index in [-0.39, 0.29) is 6.61 Å². The molecule has 0 aromatic carbocycles. The molecule has 0 spiro atoms. The highest BCUT2D eigenvalue weighted by Gasteiger charge is 2.26. The van der Waals surface area contributed by atoms with Gasteiger partial charge < -0.3 is 10.4 Å². The van der Waals surface area contributed by atoms with Crippen molar-refractivity contribution in [2.45, 2.75) is 53.9 Å². The standard InChI is InChI=1S/C22H35NO/c1-18(8-6-9-19(2)13-15-23-16-17-24)11-12-21-20(3)10-7-14-22(21,4)5/h6,8-9,11-13,15,19,23-24H,7,10,14,16-17H2,1-5H3/b9-6+,12-11+,15-13-,18-8+. The average Bonchev–Trinajstić information content (AvgIpc) is 2.50. The van der Waals surface area contributed by atoms with Crippen molar-refractivity contribution in [1.82, 2.24) is 5.32 Å². The molecule has 0 saturated heterocycles. The molecule has 0 fully saturated rings. The van der Waals surface area contributed by atoms with Gasteiger partial charge in [0.2, 0.25) is 0 Å². The van der Waals surface area contributed by atoms with Crippen LogP contribution in [-0.2, 0) is 0 Å². The molecule has 1 aliphatic rings. The van der Waals surface area contributed by atoms with Gasteiger partial charge in [-0.05, 0) is 56.2 Å². The molecule has 24 heavy (non-hydrogen) atoms. The second-order valence-corrected chi connectivity index (χ2v) is 7.46. The number of hydrogen-bond acceptors (Lipinski definition) is 2. The number of nitrogens with one attached hydrogen (secondary N) is 1. The van der Waals surface area contributed by atoms with Crippen LogP contribution in [0.25, 0.3) is 0 Å². The first kappa shape index (κ1) is 20.5. The summed E-state index contributed by atoms with van der Waals surface area (Å²) in [5.74, 6) is 0.367. The van der Waals surface area contributed by atoms with Crippen molar-refractivity contribution in [3.05, 3.63) is 59.4 Å². The van der Waals surface area contributed by atoms with Crippen molar-refractivity contribution < 1.29 is 5.11 Å². The van der Waals surface area contributed by atoms with Gasteiger partial charge in [0, 0.05) is 6.54 Å². The summed E-state index contributed by atoms with van der Waals surface area (Å²) in [6.45, 7) is 12.0. The van der Waals surface area contributed by atoms with Crippen molar-refractivity contribution in [3.63, 3.8) is 0 Å². The summed E-state index contributed by atoms with van der Waals surface area (Å²) in [5, 5.41) is 11.7. The van der Waals surface area contributed by atoms with Gasteiger partial charge in [-0.25, -0.2) is 0 Å². The molecular weight excluding hydrogens is 294 g/mol. The predicted octanol–water partition coefficient (Wildman–Crippen LogP) is 5.30. The van der Waals surface area contributed by atoms with Crippen LogP contribution in [0.5, 0.6) is 0 Å². The van der Waals surface area contributed by atoms with E-state index in [1.807, 2.05) is 6.20 Å². The molecule has 0 radical (unpaired) electrons. The lowest BCUT2D eigenvalue weighted by Gasteiger charge is -2.32. The Morgan fingerprint density at radius 3 is 2.75 bits per heavy atom. The second-order valence-electron chi connectivity index (χ2n) is 7.46. The topological polar surface area (TPSA) is 32.3 Å². The van der Waals surface area contributed by atoms with Gasteiger partial charge in [-0.1, -0.05) is 68.4 Å². The summed E-state index contributed by atoms with van der Waals surface area (Å²) < 4.78 is 0. The zero-order valence-electron chi connectivity index (χ0n) is 16.1.